The van der Waals surface area contributed by atoms with E-state index in [1.54, 1.807) is 23.8 Å². The van der Waals surface area contributed by atoms with Crippen molar-refractivity contribution in [3.8, 4) is 39.4 Å². The van der Waals surface area contributed by atoms with Crippen LogP contribution in [0.5, 0.6) is 0 Å². The molecule has 0 aliphatic heterocycles. The lowest BCUT2D eigenvalue weighted by atomic mass is 9.98. The zero-order valence-electron chi connectivity index (χ0n) is 17.7. The number of hydrogen-bond donors (Lipinski definition) is 0. The second kappa shape index (κ2) is 8.62. The van der Waals surface area contributed by atoms with Gasteiger partial charge in [0.1, 0.15) is 17.3 Å². The summed E-state index contributed by atoms with van der Waals surface area (Å²) in [6.07, 6.45) is -3.94. The average Bonchev–Trinajstić information content (AvgIpc) is 3.53. The number of aromatic nitrogens is 3. The first kappa shape index (κ1) is 23.3. The van der Waals surface area contributed by atoms with Crippen LogP contribution in [-0.4, -0.2) is 14.9 Å². The molecular formula is C24H13ClF5N3OS. The van der Waals surface area contributed by atoms with E-state index in [4.69, 9.17) is 16.1 Å². The van der Waals surface area contributed by atoms with Crippen molar-refractivity contribution in [3.05, 3.63) is 87.3 Å². The maximum absolute atomic E-state index is 14.8. The van der Waals surface area contributed by atoms with Crippen LogP contribution in [0.15, 0.2) is 63.9 Å². The molecule has 5 rings (SSSR count). The molecule has 0 amide bonds. The number of nitrogens with zero attached hydrogens (tertiary/aromatic N) is 3. The minimum absolute atomic E-state index is 0.0171. The molecule has 3 heterocycles. The maximum atomic E-state index is 14.8. The minimum Gasteiger partial charge on any atom is -0.355 e. The van der Waals surface area contributed by atoms with E-state index in [1.807, 2.05) is 0 Å². The van der Waals surface area contributed by atoms with Crippen LogP contribution < -0.4 is 0 Å². The lowest BCUT2D eigenvalue weighted by molar-refractivity contribution is -0.142. The molecule has 4 nitrogen and oxygen atoms in total. The summed E-state index contributed by atoms with van der Waals surface area (Å²) in [4.78, 5) is 0. The summed E-state index contributed by atoms with van der Waals surface area (Å²) < 4.78 is 77.8. The second-order valence-electron chi connectivity index (χ2n) is 7.59. The Morgan fingerprint density at radius 3 is 2.54 bits per heavy atom. The highest BCUT2D eigenvalue weighted by atomic mass is 35.5. The number of halogens is 6. The minimum atomic E-state index is -4.90. The number of alkyl halides is 3. The summed E-state index contributed by atoms with van der Waals surface area (Å²) in [5.41, 5.74) is -0.906. The van der Waals surface area contributed by atoms with Gasteiger partial charge in [0.25, 0.3) is 0 Å². The molecule has 0 saturated heterocycles. The predicted octanol–water partition coefficient (Wildman–Crippen LogP) is 8.18. The van der Waals surface area contributed by atoms with Crippen molar-refractivity contribution >= 4 is 22.9 Å². The van der Waals surface area contributed by atoms with Crippen LogP contribution in [0, 0.1) is 18.6 Å². The highest BCUT2D eigenvalue weighted by Gasteiger charge is 2.41. The standard InChI is InChI=1S/C24H13ClF5N3OS/c1-12-5-6-14(26)9-18(12)33-23(24(28,29)30)15(10-31-33)22-19(13-7-8-35-11-13)21(32-34-22)20-16(25)3-2-4-17(20)27/h2-11H,1H3. The van der Waals surface area contributed by atoms with E-state index in [0.29, 0.717) is 15.8 Å². The van der Waals surface area contributed by atoms with Gasteiger partial charge in [-0.2, -0.15) is 29.6 Å². The van der Waals surface area contributed by atoms with E-state index in [9.17, 15) is 22.0 Å². The Kier molecular flexibility index (Phi) is 5.72. The molecule has 0 aliphatic rings. The average molecular weight is 522 g/mol. The van der Waals surface area contributed by atoms with Gasteiger partial charge in [0.15, 0.2) is 11.5 Å². The van der Waals surface area contributed by atoms with Crippen LogP contribution in [-0.2, 0) is 6.18 Å². The molecule has 0 radical (unpaired) electrons. The Bertz CT molecular complexity index is 1520. The molecule has 0 bridgehead atoms. The van der Waals surface area contributed by atoms with Gasteiger partial charge in [-0.25, -0.2) is 13.5 Å². The van der Waals surface area contributed by atoms with Crippen LogP contribution in [0.3, 0.4) is 0 Å². The van der Waals surface area contributed by atoms with Crippen molar-refractivity contribution in [2.75, 3.05) is 0 Å². The van der Waals surface area contributed by atoms with E-state index in [2.05, 4.69) is 10.3 Å². The van der Waals surface area contributed by atoms with Crippen molar-refractivity contribution in [2.45, 2.75) is 13.1 Å². The molecule has 2 aromatic carbocycles. The zero-order valence-corrected chi connectivity index (χ0v) is 19.3. The van der Waals surface area contributed by atoms with E-state index >= 15 is 0 Å². The molecule has 11 heteroatoms. The van der Waals surface area contributed by atoms with Crippen LogP contribution >= 0.6 is 22.9 Å². The topological polar surface area (TPSA) is 43.9 Å². The Morgan fingerprint density at radius 2 is 1.86 bits per heavy atom. The first-order valence-electron chi connectivity index (χ1n) is 10.1. The fourth-order valence-corrected chi connectivity index (χ4v) is 4.72. The van der Waals surface area contributed by atoms with E-state index < -0.39 is 29.1 Å². The first-order chi connectivity index (χ1) is 16.7. The molecular weight excluding hydrogens is 509 g/mol. The third kappa shape index (κ3) is 4.02. The Balaban J connectivity index is 1.82. The summed E-state index contributed by atoms with van der Waals surface area (Å²) in [6, 6.07) is 9.12. The summed E-state index contributed by atoms with van der Waals surface area (Å²) >= 11 is 7.51. The number of hydrogen-bond acceptors (Lipinski definition) is 4. The van der Waals surface area contributed by atoms with Crippen molar-refractivity contribution in [1.82, 2.24) is 14.9 Å². The van der Waals surface area contributed by atoms with Crippen molar-refractivity contribution in [1.29, 1.82) is 0 Å². The maximum Gasteiger partial charge on any atom is 0.434 e. The van der Waals surface area contributed by atoms with Gasteiger partial charge in [0.2, 0.25) is 0 Å². The van der Waals surface area contributed by atoms with Gasteiger partial charge < -0.3 is 4.52 Å². The molecule has 3 aromatic heterocycles. The van der Waals surface area contributed by atoms with Gasteiger partial charge in [-0.3, -0.25) is 0 Å². The molecule has 35 heavy (non-hydrogen) atoms. The van der Waals surface area contributed by atoms with Gasteiger partial charge in [0, 0.05) is 0 Å². The molecule has 0 fully saturated rings. The number of benzene rings is 2. The lowest BCUT2D eigenvalue weighted by Crippen LogP contribution is -2.15. The smallest absolute Gasteiger partial charge is 0.355 e. The number of aryl methyl sites for hydroxylation is 1. The van der Waals surface area contributed by atoms with Crippen LogP contribution in [0.1, 0.15) is 11.3 Å². The van der Waals surface area contributed by atoms with Crippen LogP contribution in [0.2, 0.25) is 5.02 Å². The molecule has 0 aliphatic carbocycles. The van der Waals surface area contributed by atoms with Gasteiger partial charge >= 0.3 is 6.18 Å². The number of rotatable bonds is 4. The summed E-state index contributed by atoms with van der Waals surface area (Å²) in [5.74, 6) is -1.70. The normalized spacial score (nSPS) is 11.9. The molecule has 0 saturated carbocycles. The van der Waals surface area contributed by atoms with Crippen LogP contribution in [0.25, 0.3) is 39.4 Å². The summed E-state index contributed by atoms with van der Waals surface area (Å²) in [5, 5.41) is 11.2. The zero-order chi connectivity index (χ0) is 24.9. The fraction of sp³-hybridized carbons (Fsp3) is 0.0833. The molecule has 0 unspecified atom stereocenters. The van der Waals surface area contributed by atoms with Crippen LogP contribution in [0.4, 0.5) is 22.0 Å². The first-order valence-corrected chi connectivity index (χ1v) is 11.4. The Labute approximate surface area is 204 Å². The summed E-state index contributed by atoms with van der Waals surface area (Å²) in [6.45, 7) is 1.54. The van der Waals surface area contributed by atoms with Gasteiger partial charge in [-0.05, 0) is 59.1 Å². The van der Waals surface area contributed by atoms with E-state index in [1.165, 1.54) is 35.6 Å². The molecule has 5 aromatic rings. The van der Waals surface area contributed by atoms with Gasteiger partial charge in [-0.15, -0.1) is 0 Å². The van der Waals surface area contributed by atoms with E-state index in [-0.39, 0.29) is 33.3 Å². The van der Waals surface area contributed by atoms with Gasteiger partial charge in [0.05, 0.1) is 33.6 Å². The molecule has 0 N–H and O–H groups in total. The third-order valence-corrected chi connectivity index (χ3v) is 6.38. The predicted molar refractivity (Wildman–Crippen MR) is 122 cm³/mol. The van der Waals surface area contributed by atoms with E-state index in [0.717, 1.165) is 18.3 Å². The molecule has 0 atom stereocenters. The quantitative estimate of drug-likeness (QED) is 0.224. The monoisotopic (exact) mass is 521 g/mol. The Morgan fingerprint density at radius 1 is 1.06 bits per heavy atom. The van der Waals surface area contributed by atoms with Gasteiger partial charge in [-0.1, -0.05) is 28.9 Å². The SMILES string of the molecule is Cc1ccc(F)cc1-n1ncc(-c2onc(-c3c(F)cccc3Cl)c2-c2ccsc2)c1C(F)(F)F. The lowest BCUT2D eigenvalue weighted by Gasteiger charge is -2.14. The highest BCUT2D eigenvalue weighted by Crippen LogP contribution is 2.47. The van der Waals surface area contributed by atoms with Crippen molar-refractivity contribution in [2.24, 2.45) is 0 Å². The fourth-order valence-electron chi connectivity index (χ4n) is 3.82. The van der Waals surface area contributed by atoms with Crippen molar-refractivity contribution < 1.29 is 26.5 Å². The Hall–Kier alpha value is -3.50. The second-order valence-corrected chi connectivity index (χ2v) is 8.78. The highest BCUT2D eigenvalue weighted by molar-refractivity contribution is 7.08. The summed E-state index contributed by atoms with van der Waals surface area (Å²) in [7, 11) is 0. The largest absolute Gasteiger partial charge is 0.434 e. The molecule has 178 valence electrons. The third-order valence-electron chi connectivity index (χ3n) is 5.38. The molecule has 0 spiro atoms. The number of thiophene rings is 1. The van der Waals surface area contributed by atoms with Crippen molar-refractivity contribution in [3.63, 3.8) is 0 Å².